The van der Waals surface area contributed by atoms with Crippen molar-refractivity contribution in [1.82, 2.24) is 5.32 Å². The van der Waals surface area contributed by atoms with E-state index in [-0.39, 0.29) is 34.5 Å². The van der Waals surface area contributed by atoms with E-state index in [0.717, 1.165) is 0 Å². The zero-order chi connectivity index (χ0) is 19.5. The number of phenols is 1. The lowest BCUT2D eigenvalue weighted by Crippen LogP contribution is -2.44. The third kappa shape index (κ3) is 5.33. The number of nitrogens with zero attached hydrogens (tertiary/aromatic N) is 1. The molecule has 0 aliphatic heterocycles. The fourth-order valence-corrected chi connectivity index (χ4v) is 2.25. The summed E-state index contributed by atoms with van der Waals surface area (Å²) < 4.78 is 5.02. The third-order valence-electron chi connectivity index (χ3n) is 3.44. The summed E-state index contributed by atoms with van der Waals surface area (Å²) in [6, 6.07) is -0.202. The molecule has 0 radical (unpaired) electrons. The van der Waals surface area contributed by atoms with E-state index in [1.807, 2.05) is 0 Å². The molecule has 0 fully saturated rings. The molecule has 1 aromatic rings. The standard InChI is InChI=1S/C16H22N2O7/c1-8-6-12(18(23)24)9(2)10(13(8)19)7-11(14(20)21)17-15(22)25-16(3,4)5/h6,11,19H,7H2,1-5H3,(H,17,22)(H,20,21). The molecule has 0 saturated heterocycles. The minimum Gasteiger partial charge on any atom is -0.507 e. The Morgan fingerprint density at radius 1 is 1.36 bits per heavy atom. The van der Waals surface area contributed by atoms with Crippen LogP contribution in [0.3, 0.4) is 0 Å². The van der Waals surface area contributed by atoms with Gasteiger partial charge in [-0.2, -0.15) is 0 Å². The van der Waals surface area contributed by atoms with Gasteiger partial charge in [0, 0.05) is 23.6 Å². The summed E-state index contributed by atoms with van der Waals surface area (Å²) in [7, 11) is 0. The van der Waals surface area contributed by atoms with Crippen LogP contribution in [0.1, 0.15) is 37.5 Å². The number of aromatic hydroxyl groups is 1. The van der Waals surface area contributed by atoms with Crippen LogP contribution in [0.25, 0.3) is 0 Å². The number of aliphatic carboxylic acids is 1. The van der Waals surface area contributed by atoms with Gasteiger partial charge in [0.05, 0.1) is 4.92 Å². The first-order chi connectivity index (χ1) is 11.3. The number of nitro benzene ring substituents is 1. The van der Waals surface area contributed by atoms with Crippen LogP contribution >= 0.6 is 0 Å². The highest BCUT2D eigenvalue weighted by molar-refractivity contribution is 5.80. The number of hydrogen-bond acceptors (Lipinski definition) is 6. The number of phenolic OH excluding ortho intramolecular Hbond substituents is 1. The number of carboxylic acid groups (broad SMARTS) is 1. The van der Waals surface area contributed by atoms with Gasteiger partial charge in [-0.3, -0.25) is 10.1 Å². The van der Waals surface area contributed by atoms with Crippen LogP contribution in [0.5, 0.6) is 5.75 Å². The highest BCUT2D eigenvalue weighted by atomic mass is 16.6. The zero-order valence-electron chi connectivity index (χ0n) is 14.7. The number of carbonyl (C=O) groups excluding carboxylic acids is 1. The van der Waals surface area contributed by atoms with Crippen molar-refractivity contribution in [2.24, 2.45) is 0 Å². The average Bonchev–Trinajstić information content (AvgIpc) is 2.43. The largest absolute Gasteiger partial charge is 0.507 e. The van der Waals surface area contributed by atoms with Crippen molar-refractivity contribution in [3.05, 3.63) is 32.9 Å². The van der Waals surface area contributed by atoms with Crippen molar-refractivity contribution in [1.29, 1.82) is 0 Å². The maximum atomic E-state index is 11.8. The van der Waals surface area contributed by atoms with E-state index in [2.05, 4.69) is 5.32 Å². The van der Waals surface area contributed by atoms with Crippen molar-refractivity contribution in [2.75, 3.05) is 0 Å². The fraction of sp³-hybridized carbons (Fsp3) is 0.500. The number of nitrogens with one attached hydrogen (secondary N) is 1. The Bertz CT molecular complexity index is 707. The smallest absolute Gasteiger partial charge is 0.408 e. The lowest BCUT2D eigenvalue weighted by Gasteiger charge is -2.22. The van der Waals surface area contributed by atoms with Crippen molar-refractivity contribution >= 4 is 17.7 Å². The predicted molar refractivity (Wildman–Crippen MR) is 88.7 cm³/mol. The van der Waals surface area contributed by atoms with E-state index in [9.17, 15) is 29.9 Å². The van der Waals surface area contributed by atoms with Gasteiger partial charge in [0.1, 0.15) is 17.4 Å². The average molecular weight is 354 g/mol. The van der Waals surface area contributed by atoms with E-state index >= 15 is 0 Å². The molecule has 1 amide bonds. The van der Waals surface area contributed by atoms with E-state index in [4.69, 9.17) is 4.74 Å². The Morgan fingerprint density at radius 2 is 1.92 bits per heavy atom. The summed E-state index contributed by atoms with van der Waals surface area (Å²) in [5.41, 5.74) is -0.561. The Balaban J connectivity index is 3.17. The van der Waals surface area contributed by atoms with Gasteiger partial charge in [0.25, 0.3) is 5.69 Å². The lowest BCUT2D eigenvalue weighted by molar-refractivity contribution is -0.385. The minimum atomic E-state index is -1.42. The number of hydrogen-bond donors (Lipinski definition) is 3. The number of amides is 1. The molecule has 1 rings (SSSR count). The number of rotatable bonds is 5. The number of benzene rings is 1. The Kier molecular flexibility index (Phi) is 5.96. The highest BCUT2D eigenvalue weighted by Gasteiger charge is 2.28. The van der Waals surface area contributed by atoms with Gasteiger partial charge < -0.3 is 20.3 Å². The summed E-state index contributed by atoms with van der Waals surface area (Å²) in [6.07, 6.45) is -1.26. The van der Waals surface area contributed by atoms with Crippen molar-refractivity contribution in [3.63, 3.8) is 0 Å². The second-order valence-corrected chi connectivity index (χ2v) is 6.66. The topological polar surface area (TPSA) is 139 Å². The van der Waals surface area contributed by atoms with Crippen LogP contribution in [-0.2, 0) is 16.0 Å². The molecular formula is C16H22N2O7. The minimum absolute atomic E-state index is 0.0927. The summed E-state index contributed by atoms with van der Waals surface area (Å²) in [5, 5.41) is 32.8. The highest BCUT2D eigenvalue weighted by Crippen LogP contribution is 2.33. The van der Waals surface area contributed by atoms with Crippen LogP contribution in [0.15, 0.2) is 6.07 Å². The number of carbonyl (C=O) groups is 2. The number of ether oxygens (including phenoxy) is 1. The molecule has 9 nitrogen and oxygen atoms in total. The molecule has 0 saturated carbocycles. The molecule has 1 unspecified atom stereocenters. The van der Waals surface area contributed by atoms with Crippen LogP contribution in [0, 0.1) is 24.0 Å². The zero-order valence-corrected chi connectivity index (χ0v) is 14.7. The van der Waals surface area contributed by atoms with Crippen molar-refractivity contribution < 1.29 is 29.5 Å². The molecule has 0 spiro atoms. The van der Waals surface area contributed by atoms with E-state index in [1.54, 1.807) is 20.8 Å². The van der Waals surface area contributed by atoms with Crippen LogP contribution in [0.4, 0.5) is 10.5 Å². The molecule has 1 aromatic carbocycles. The molecule has 0 bridgehead atoms. The number of nitro groups is 1. The normalized spacial score (nSPS) is 12.4. The van der Waals surface area contributed by atoms with E-state index in [1.165, 1.54) is 19.9 Å². The molecule has 0 aromatic heterocycles. The molecule has 9 heteroatoms. The Hall–Kier alpha value is -2.84. The Labute approximate surface area is 144 Å². The van der Waals surface area contributed by atoms with Gasteiger partial charge in [-0.15, -0.1) is 0 Å². The monoisotopic (exact) mass is 354 g/mol. The number of carboxylic acids is 1. The Morgan fingerprint density at radius 3 is 2.36 bits per heavy atom. The maximum absolute atomic E-state index is 11.8. The van der Waals surface area contributed by atoms with Gasteiger partial charge in [-0.25, -0.2) is 9.59 Å². The molecule has 1 atom stereocenters. The molecule has 0 aliphatic rings. The maximum Gasteiger partial charge on any atom is 0.408 e. The van der Waals surface area contributed by atoms with Gasteiger partial charge in [0.2, 0.25) is 0 Å². The molecular weight excluding hydrogens is 332 g/mol. The third-order valence-corrected chi connectivity index (χ3v) is 3.44. The number of alkyl carbamates (subject to hydrolysis) is 1. The van der Waals surface area contributed by atoms with Gasteiger partial charge in [-0.1, -0.05) is 0 Å². The molecule has 0 heterocycles. The summed E-state index contributed by atoms with van der Waals surface area (Å²) in [5.74, 6) is -1.59. The second kappa shape index (κ2) is 7.37. The molecule has 3 N–H and O–H groups in total. The molecule has 25 heavy (non-hydrogen) atoms. The van der Waals surface area contributed by atoms with Crippen LogP contribution in [-0.4, -0.2) is 38.8 Å². The fourth-order valence-electron chi connectivity index (χ4n) is 2.25. The predicted octanol–water partition coefficient (Wildman–Crippen LogP) is 2.44. The SMILES string of the molecule is Cc1cc([N+](=O)[O-])c(C)c(CC(NC(=O)OC(C)(C)C)C(=O)O)c1O. The van der Waals surface area contributed by atoms with Crippen molar-refractivity contribution in [2.45, 2.75) is 52.7 Å². The van der Waals surface area contributed by atoms with E-state index < -0.39 is 28.6 Å². The lowest BCUT2D eigenvalue weighted by atomic mass is 9.96. The summed E-state index contributed by atoms with van der Waals surface area (Å²) in [6.45, 7) is 7.77. The van der Waals surface area contributed by atoms with E-state index in [0.29, 0.717) is 0 Å². The van der Waals surface area contributed by atoms with Gasteiger partial charge in [-0.05, 0) is 40.2 Å². The number of aryl methyl sites for hydroxylation is 1. The van der Waals surface area contributed by atoms with Crippen molar-refractivity contribution in [3.8, 4) is 5.75 Å². The first kappa shape index (κ1) is 20.2. The first-order valence-corrected chi connectivity index (χ1v) is 7.52. The molecule has 138 valence electrons. The van der Waals surface area contributed by atoms with Crippen LogP contribution in [0.2, 0.25) is 0 Å². The van der Waals surface area contributed by atoms with Crippen LogP contribution < -0.4 is 5.32 Å². The van der Waals surface area contributed by atoms with Gasteiger partial charge >= 0.3 is 12.1 Å². The van der Waals surface area contributed by atoms with Gasteiger partial charge in [0.15, 0.2) is 0 Å². The summed E-state index contributed by atoms with van der Waals surface area (Å²) in [4.78, 5) is 33.8. The summed E-state index contributed by atoms with van der Waals surface area (Å²) >= 11 is 0. The molecule has 0 aliphatic carbocycles. The quantitative estimate of drug-likeness (QED) is 0.545. The first-order valence-electron chi connectivity index (χ1n) is 7.52. The second-order valence-electron chi connectivity index (χ2n) is 6.66.